The van der Waals surface area contributed by atoms with E-state index in [-0.39, 0.29) is 42.3 Å². The monoisotopic (exact) mass is 1180 g/mol. The Morgan fingerprint density at radius 2 is 1.55 bits per heavy atom. The summed E-state index contributed by atoms with van der Waals surface area (Å²) in [4.78, 5) is 78.4. The lowest BCUT2D eigenvalue weighted by molar-refractivity contribution is -0.145. The van der Waals surface area contributed by atoms with Gasteiger partial charge in [0.1, 0.15) is 35.3 Å². The number of aromatic amines is 1. The van der Waals surface area contributed by atoms with Gasteiger partial charge in [0.2, 0.25) is 23.5 Å². The van der Waals surface area contributed by atoms with Crippen LogP contribution >= 0.6 is 11.3 Å². The third-order valence-corrected chi connectivity index (χ3v) is 20.1. The number of piperidine rings is 1. The van der Waals surface area contributed by atoms with Crippen LogP contribution in [0.4, 0.5) is 24.5 Å². The molecule has 5 fully saturated rings. The molecule has 5 aliphatic rings. The number of halogens is 3. The molecule has 4 N–H and O–H groups in total. The van der Waals surface area contributed by atoms with Crippen LogP contribution in [0.25, 0.3) is 32.6 Å². The minimum atomic E-state index is -4.37. The first-order valence-corrected chi connectivity index (χ1v) is 31.2. The maximum absolute atomic E-state index is 15.9. The van der Waals surface area contributed by atoms with Gasteiger partial charge >= 0.3 is 10.2 Å². The smallest absolute Gasteiger partial charge is 0.301 e. The number of alkyl halides is 1. The molecule has 0 bridgehead atoms. The molecule has 17 nitrogen and oxygen atoms in total. The van der Waals surface area contributed by atoms with Crippen molar-refractivity contribution in [3.8, 4) is 21.6 Å². The van der Waals surface area contributed by atoms with Crippen molar-refractivity contribution in [2.24, 2.45) is 11.3 Å². The molecule has 0 radical (unpaired) electrons. The van der Waals surface area contributed by atoms with Gasteiger partial charge in [-0.2, -0.15) is 12.7 Å². The number of amides is 3. The van der Waals surface area contributed by atoms with Gasteiger partial charge in [-0.25, -0.2) is 23.1 Å². The number of ketones is 1. The Balaban J connectivity index is 0.652. The van der Waals surface area contributed by atoms with E-state index in [0.717, 1.165) is 121 Å². The van der Waals surface area contributed by atoms with Crippen LogP contribution in [0, 0.1) is 29.9 Å². The van der Waals surface area contributed by atoms with Crippen molar-refractivity contribution in [2.75, 3.05) is 75.1 Å². The van der Waals surface area contributed by atoms with E-state index in [4.69, 9.17) is 0 Å². The van der Waals surface area contributed by atoms with Crippen LogP contribution in [0.15, 0.2) is 84.6 Å². The fraction of sp³-hybridized carbons (Fsp3) is 0.475. The highest BCUT2D eigenvalue weighted by Gasteiger charge is 2.56. The molecule has 0 spiro atoms. The minimum Gasteiger partial charge on any atom is -0.372 e. The highest BCUT2D eigenvalue weighted by Crippen LogP contribution is 2.44. The molecule has 6 aromatic rings. The molecule has 4 aliphatic heterocycles. The lowest BCUT2D eigenvalue weighted by Gasteiger charge is -2.42. The number of piperazine rings is 1. The number of pyridine rings is 1. The normalized spacial score (nSPS) is 20.8. The van der Waals surface area contributed by atoms with Gasteiger partial charge in [-0.15, -0.1) is 11.3 Å². The Kier molecular flexibility index (Phi) is 16.4. The summed E-state index contributed by atoms with van der Waals surface area (Å²) in [7, 11) is -4.37. The van der Waals surface area contributed by atoms with Crippen molar-refractivity contribution in [3.63, 3.8) is 0 Å². The van der Waals surface area contributed by atoms with Gasteiger partial charge in [-0.1, -0.05) is 57.2 Å². The number of hydrogen-bond acceptors (Lipinski definition) is 12. The molecule has 3 amide bonds. The number of carbonyl (C=O) groups is 4. The molecule has 1 saturated carbocycles. The van der Waals surface area contributed by atoms with Crippen LogP contribution in [-0.2, 0) is 24.6 Å². The fourth-order valence-electron chi connectivity index (χ4n) is 12.5. The predicted octanol–water partition coefficient (Wildman–Crippen LogP) is 8.64. The number of likely N-dealkylation sites (tertiary alicyclic amines) is 1. The van der Waals surface area contributed by atoms with Crippen molar-refractivity contribution in [3.05, 3.63) is 119 Å². The first-order valence-electron chi connectivity index (χ1n) is 28.8. The number of hydrogen-bond donors (Lipinski definition) is 4. The van der Waals surface area contributed by atoms with Crippen LogP contribution < -0.4 is 20.3 Å². The first kappa shape index (κ1) is 58.1. The summed E-state index contributed by atoms with van der Waals surface area (Å²) in [6.45, 7) is 15.8. The summed E-state index contributed by atoms with van der Waals surface area (Å²) in [6, 6.07) is 18.0. The Morgan fingerprint density at radius 3 is 2.20 bits per heavy atom. The van der Waals surface area contributed by atoms with Crippen LogP contribution in [0.5, 0.6) is 0 Å². The highest BCUT2D eigenvalue weighted by atomic mass is 32.2. The highest BCUT2D eigenvalue weighted by molar-refractivity contribution is 7.90. The molecule has 83 heavy (non-hydrogen) atoms. The van der Waals surface area contributed by atoms with E-state index < -0.39 is 74.6 Å². The van der Waals surface area contributed by atoms with Crippen molar-refractivity contribution < 1.29 is 40.8 Å². The molecule has 4 saturated heterocycles. The number of H-pyrrole nitrogens is 1. The van der Waals surface area contributed by atoms with Gasteiger partial charge in [-0.05, 0) is 117 Å². The summed E-state index contributed by atoms with van der Waals surface area (Å²) in [5.74, 6) is -3.56. The van der Waals surface area contributed by atoms with Crippen molar-refractivity contribution in [2.45, 2.75) is 109 Å². The van der Waals surface area contributed by atoms with Gasteiger partial charge in [-0.3, -0.25) is 28.8 Å². The summed E-state index contributed by atoms with van der Waals surface area (Å²) in [6.07, 6.45) is 6.41. The summed E-state index contributed by atoms with van der Waals surface area (Å²) < 4.78 is 73.5. The van der Waals surface area contributed by atoms with Crippen molar-refractivity contribution >= 4 is 67.5 Å². The van der Waals surface area contributed by atoms with E-state index in [9.17, 15) is 32.0 Å². The van der Waals surface area contributed by atoms with E-state index in [2.05, 4.69) is 69.3 Å². The minimum absolute atomic E-state index is 0.00127. The van der Waals surface area contributed by atoms with Gasteiger partial charge in [0.05, 0.1) is 33.4 Å². The van der Waals surface area contributed by atoms with Crippen molar-refractivity contribution in [1.29, 1.82) is 0 Å². The SMILES string of the molecule is Cc1ncsc1-c1ccc([C@H](C)NC(=O)[C@@H]2CCCN2C(=O)[C@@H](NC(=O)C2(N3CCN(CC4CCN(c5ccc(-c6cnc7[nH]cc(C(=O)c8c(F)ccc(NS(=O)(=O)N9CC[C@@H](F)C9)c8F)c7c6)cc5)CC4)CC3)CC2)C(C)(C)C)cc1. The predicted molar refractivity (Wildman–Crippen MR) is 315 cm³/mol. The second-order valence-electron chi connectivity index (χ2n) is 24.2. The van der Waals surface area contributed by atoms with Crippen LogP contribution in [0.2, 0.25) is 0 Å². The molecular weight excluding hydrogens is 1100 g/mol. The molecule has 3 aromatic carbocycles. The lowest BCUT2D eigenvalue weighted by atomic mass is 9.85. The van der Waals surface area contributed by atoms with E-state index in [1.165, 1.54) is 6.20 Å². The van der Waals surface area contributed by atoms with E-state index in [1.54, 1.807) is 28.5 Å². The Bertz CT molecular complexity index is 3520. The molecule has 1 aliphatic carbocycles. The zero-order chi connectivity index (χ0) is 58.5. The van der Waals surface area contributed by atoms with Gasteiger partial charge in [0, 0.05) is 100 Å². The average molecular weight is 1180 g/mol. The zero-order valence-corrected chi connectivity index (χ0v) is 49.2. The summed E-state index contributed by atoms with van der Waals surface area (Å²) in [5, 5.41) is 6.73. The maximum atomic E-state index is 15.9. The van der Waals surface area contributed by atoms with Crippen LogP contribution in [0.3, 0.4) is 0 Å². The number of aryl methyl sites for hydroxylation is 1. The molecule has 11 rings (SSSR count). The summed E-state index contributed by atoms with van der Waals surface area (Å²) in [5.41, 5.74) is 4.91. The topological polar surface area (TPSA) is 196 Å². The summed E-state index contributed by atoms with van der Waals surface area (Å²) >= 11 is 1.60. The molecule has 4 atom stereocenters. The van der Waals surface area contributed by atoms with E-state index in [0.29, 0.717) is 41.9 Å². The lowest BCUT2D eigenvalue weighted by Crippen LogP contribution is -2.62. The number of carbonyl (C=O) groups excluding carboxylic acids is 4. The third-order valence-electron chi connectivity index (χ3n) is 17.6. The van der Waals surface area contributed by atoms with E-state index in [1.807, 2.05) is 64.4 Å². The standard InChI is InChI=1S/C61H72F3N11O6S2/c1-37(40-8-10-42(11-9-40)54-38(2)67-36-82-54)68-57(77)50-7-6-23-75(50)58(78)55(60(3,4)5)69-59(79)61(21-22-61)73-29-27-71(28-30-73)34-39-18-24-72(25-19-39)45-14-12-41(13-15-45)43-31-46-47(33-66-56(46)65-32-43)53(76)51-48(63)16-17-49(52(51)64)70-83(80,81)74-26-20-44(62)35-74/h8-17,31-33,36-37,39,44,50,55,70H,6-7,18-30,34-35H2,1-5H3,(H,65,66)(H,68,77)(H,69,79)/t37-,44+,50-,55+/m0/s1. The largest absolute Gasteiger partial charge is 0.372 e. The number of rotatable bonds is 17. The Hall–Kier alpha value is -6.72. The van der Waals surface area contributed by atoms with Crippen LogP contribution in [-0.4, -0.2) is 155 Å². The van der Waals surface area contributed by atoms with Crippen molar-refractivity contribution in [1.82, 2.24) is 44.6 Å². The fourth-order valence-corrected chi connectivity index (χ4v) is 14.6. The first-order chi connectivity index (χ1) is 39.7. The number of fused-ring (bicyclic) bond motifs is 1. The van der Waals surface area contributed by atoms with Crippen LogP contribution in [0.1, 0.15) is 106 Å². The molecular formula is C61H72F3N11O6S2. The number of nitrogens with zero attached hydrogens (tertiary/aromatic N) is 7. The number of thiazole rings is 1. The van der Waals surface area contributed by atoms with Gasteiger partial charge in [0.25, 0.3) is 0 Å². The van der Waals surface area contributed by atoms with E-state index >= 15 is 8.78 Å². The maximum Gasteiger partial charge on any atom is 0.301 e. The third kappa shape index (κ3) is 12.0. The zero-order valence-electron chi connectivity index (χ0n) is 47.5. The molecule has 22 heteroatoms. The number of nitrogens with one attached hydrogen (secondary N) is 4. The average Bonchev–Trinajstić information content (AvgIpc) is 3.90. The number of aromatic nitrogens is 3. The Labute approximate surface area is 486 Å². The molecule has 7 heterocycles. The quantitative estimate of drug-likeness (QED) is 0.0639. The Morgan fingerprint density at radius 1 is 0.843 bits per heavy atom. The number of benzene rings is 3. The van der Waals surface area contributed by atoms with Gasteiger partial charge < -0.3 is 30.3 Å². The van der Waals surface area contributed by atoms with Gasteiger partial charge in [0.15, 0.2) is 5.82 Å². The second-order valence-corrected chi connectivity index (χ2v) is 26.7. The molecule has 3 aromatic heterocycles. The molecule has 0 unspecified atom stereocenters. The second kappa shape index (κ2) is 23.4. The number of anilines is 2. The molecule has 440 valence electrons.